The molecule has 0 saturated heterocycles. The Bertz CT molecular complexity index is 917. The van der Waals surface area contributed by atoms with Crippen molar-refractivity contribution in [2.75, 3.05) is 6.61 Å². The summed E-state index contributed by atoms with van der Waals surface area (Å²) in [4.78, 5) is 25.4. The molecule has 0 unspecified atom stereocenters. The number of aryl methyl sites for hydroxylation is 1. The van der Waals surface area contributed by atoms with Crippen LogP contribution in [0.25, 0.3) is 0 Å². The minimum atomic E-state index is -0.199. The Morgan fingerprint density at radius 1 is 1.13 bits per heavy atom. The number of hydrogen-bond acceptors (Lipinski definition) is 4. The molecular weight excluding hydrogens is 378 g/mol. The third-order valence-electron chi connectivity index (χ3n) is 7.82. The maximum atomic E-state index is 12.8. The Kier molecular flexibility index (Phi) is 4.87. The van der Waals surface area contributed by atoms with E-state index in [1.165, 1.54) is 38.5 Å². The highest BCUT2D eigenvalue weighted by molar-refractivity contribution is 5.99. The van der Waals surface area contributed by atoms with Crippen LogP contribution in [-0.4, -0.2) is 22.9 Å². The summed E-state index contributed by atoms with van der Waals surface area (Å²) in [6, 6.07) is 5.67. The molecule has 160 valence electrons. The van der Waals surface area contributed by atoms with Crippen LogP contribution in [0.3, 0.4) is 0 Å². The van der Waals surface area contributed by atoms with Crippen molar-refractivity contribution in [3.8, 4) is 0 Å². The van der Waals surface area contributed by atoms with Crippen LogP contribution in [0.5, 0.6) is 0 Å². The fourth-order valence-corrected chi connectivity index (χ4v) is 6.97. The van der Waals surface area contributed by atoms with Crippen LogP contribution in [0, 0.1) is 37.0 Å². The van der Waals surface area contributed by atoms with Crippen LogP contribution < -0.4 is 0 Å². The number of nitrogens with zero attached hydrogens (tertiary/aromatic N) is 1. The first-order chi connectivity index (χ1) is 14.4. The van der Waals surface area contributed by atoms with Gasteiger partial charge in [0, 0.05) is 17.0 Å². The molecule has 6 rings (SSSR count). The molecule has 5 heteroatoms. The minimum absolute atomic E-state index is 0.132. The van der Waals surface area contributed by atoms with Gasteiger partial charge in [-0.15, -0.1) is 0 Å². The molecule has 2 aromatic heterocycles. The van der Waals surface area contributed by atoms with Gasteiger partial charge in [0.05, 0.1) is 19.2 Å². The molecule has 4 aliphatic carbocycles. The molecule has 5 nitrogen and oxygen atoms in total. The number of carbonyl (C=O) groups is 2. The summed E-state index contributed by atoms with van der Waals surface area (Å²) in [6.45, 7) is 4.33. The molecule has 4 bridgehead atoms. The van der Waals surface area contributed by atoms with Gasteiger partial charge in [0.2, 0.25) is 5.78 Å². The highest BCUT2D eigenvalue weighted by Crippen LogP contribution is 2.61. The second kappa shape index (κ2) is 7.44. The predicted molar refractivity (Wildman–Crippen MR) is 112 cm³/mol. The van der Waals surface area contributed by atoms with Crippen LogP contribution in [0.15, 0.2) is 28.9 Å². The highest BCUT2D eigenvalue weighted by Gasteiger charge is 2.51. The van der Waals surface area contributed by atoms with Gasteiger partial charge in [-0.05, 0) is 93.7 Å². The summed E-state index contributed by atoms with van der Waals surface area (Å²) in [5, 5.41) is 0. The summed E-state index contributed by atoms with van der Waals surface area (Å²) >= 11 is 0. The minimum Gasteiger partial charge on any atom is -0.467 e. The van der Waals surface area contributed by atoms with Crippen LogP contribution in [0.4, 0.5) is 0 Å². The summed E-state index contributed by atoms with van der Waals surface area (Å²) in [5.74, 6) is 2.95. The molecule has 0 radical (unpaired) electrons. The Hall–Kier alpha value is -2.30. The zero-order valence-corrected chi connectivity index (χ0v) is 18.0. The van der Waals surface area contributed by atoms with E-state index in [1.54, 1.807) is 6.26 Å². The van der Waals surface area contributed by atoms with Crippen molar-refractivity contribution in [3.63, 3.8) is 0 Å². The van der Waals surface area contributed by atoms with Gasteiger partial charge in [-0.25, -0.2) is 0 Å². The predicted octanol–water partition coefficient (Wildman–Crippen LogP) is 5.08. The van der Waals surface area contributed by atoms with Crippen LogP contribution in [-0.2, 0) is 16.1 Å². The number of ether oxygens (including phenoxy) is 1. The topological polar surface area (TPSA) is 61.4 Å². The maximum absolute atomic E-state index is 12.8. The smallest absolute Gasteiger partial charge is 0.306 e. The maximum Gasteiger partial charge on any atom is 0.306 e. The Morgan fingerprint density at radius 3 is 2.40 bits per heavy atom. The first-order valence-electron chi connectivity index (χ1n) is 11.3. The van der Waals surface area contributed by atoms with E-state index in [0.717, 1.165) is 34.9 Å². The molecular formula is C25H31NO4. The first-order valence-corrected chi connectivity index (χ1v) is 11.3. The van der Waals surface area contributed by atoms with Crippen LogP contribution >= 0.6 is 0 Å². The van der Waals surface area contributed by atoms with Crippen molar-refractivity contribution in [2.45, 2.75) is 65.3 Å². The third-order valence-corrected chi connectivity index (χ3v) is 7.82. The lowest BCUT2D eigenvalue weighted by molar-refractivity contribution is -0.150. The standard InChI is InChI=1S/C25H31NO4/c1-16-6-22(17(2)26(16)14-21-4-3-5-29-21)23(27)15-30-24(28)13-25-10-18-7-19(11-25)9-20(8-18)12-25/h3-6,18-20H,7-15H2,1-2H3. The largest absolute Gasteiger partial charge is 0.467 e. The van der Waals surface area contributed by atoms with Crippen molar-refractivity contribution in [2.24, 2.45) is 23.2 Å². The number of aromatic nitrogens is 1. The van der Waals surface area contributed by atoms with Gasteiger partial charge in [-0.2, -0.15) is 0 Å². The molecule has 0 atom stereocenters. The molecule has 30 heavy (non-hydrogen) atoms. The van der Waals surface area contributed by atoms with Gasteiger partial charge in [-0.1, -0.05) is 0 Å². The fraction of sp³-hybridized carbons (Fsp3) is 0.600. The summed E-state index contributed by atoms with van der Waals surface area (Å²) < 4.78 is 13.0. The summed E-state index contributed by atoms with van der Waals surface area (Å²) in [5.41, 5.74) is 2.65. The van der Waals surface area contributed by atoms with Crippen molar-refractivity contribution < 1.29 is 18.7 Å². The van der Waals surface area contributed by atoms with E-state index in [0.29, 0.717) is 18.5 Å². The molecule has 0 amide bonds. The van der Waals surface area contributed by atoms with Crippen molar-refractivity contribution >= 4 is 11.8 Å². The number of furan rings is 1. The van der Waals surface area contributed by atoms with Gasteiger partial charge in [-0.3, -0.25) is 9.59 Å². The Balaban J connectivity index is 1.20. The molecule has 4 saturated carbocycles. The van der Waals surface area contributed by atoms with E-state index < -0.39 is 0 Å². The lowest BCUT2D eigenvalue weighted by atomic mass is 9.49. The Labute approximate surface area is 177 Å². The highest BCUT2D eigenvalue weighted by atomic mass is 16.5. The molecule has 0 aromatic carbocycles. The molecule has 4 fully saturated rings. The number of ketones is 1. The third kappa shape index (κ3) is 3.63. The average molecular weight is 410 g/mol. The van der Waals surface area contributed by atoms with Crippen molar-refractivity contribution in [1.29, 1.82) is 0 Å². The van der Waals surface area contributed by atoms with E-state index in [-0.39, 0.29) is 23.8 Å². The average Bonchev–Trinajstić information content (AvgIpc) is 3.28. The molecule has 4 aliphatic rings. The molecule has 2 aromatic rings. The number of carbonyl (C=O) groups excluding carboxylic acids is 2. The van der Waals surface area contributed by atoms with Gasteiger partial charge < -0.3 is 13.7 Å². The quantitative estimate of drug-likeness (QED) is 0.473. The fourth-order valence-electron chi connectivity index (χ4n) is 6.97. The zero-order valence-electron chi connectivity index (χ0n) is 18.0. The molecule has 0 N–H and O–H groups in total. The molecule has 0 aliphatic heterocycles. The van der Waals surface area contributed by atoms with E-state index in [4.69, 9.17) is 9.15 Å². The van der Waals surface area contributed by atoms with Gasteiger partial charge in [0.1, 0.15) is 5.76 Å². The normalized spacial score (nSPS) is 29.3. The lowest BCUT2D eigenvalue weighted by Crippen LogP contribution is -2.47. The van der Waals surface area contributed by atoms with Gasteiger partial charge in [0.25, 0.3) is 0 Å². The second-order valence-corrected chi connectivity index (χ2v) is 10.1. The monoisotopic (exact) mass is 409 g/mol. The van der Waals surface area contributed by atoms with E-state index in [9.17, 15) is 9.59 Å². The van der Waals surface area contributed by atoms with E-state index in [2.05, 4.69) is 4.57 Å². The van der Waals surface area contributed by atoms with Gasteiger partial charge >= 0.3 is 5.97 Å². The molecule has 2 heterocycles. The zero-order chi connectivity index (χ0) is 20.9. The Morgan fingerprint density at radius 2 is 1.80 bits per heavy atom. The number of hydrogen-bond donors (Lipinski definition) is 0. The van der Waals surface area contributed by atoms with Crippen molar-refractivity contribution in [1.82, 2.24) is 4.57 Å². The van der Waals surface area contributed by atoms with Crippen LogP contribution in [0.2, 0.25) is 0 Å². The first kappa shape index (κ1) is 19.7. The summed E-state index contributed by atoms with van der Waals surface area (Å²) in [7, 11) is 0. The van der Waals surface area contributed by atoms with Crippen LogP contribution in [0.1, 0.15) is 72.5 Å². The second-order valence-electron chi connectivity index (χ2n) is 10.1. The van der Waals surface area contributed by atoms with Crippen molar-refractivity contribution in [3.05, 3.63) is 47.2 Å². The molecule has 0 spiro atoms. The van der Waals surface area contributed by atoms with Gasteiger partial charge in [0.15, 0.2) is 6.61 Å². The number of esters is 1. The number of rotatable bonds is 7. The SMILES string of the molecule is Cc1cc(C(=O)COC(=O)CC23CC4CC(CC(C4)C2)C3)c(C)n1Cc1ccco1. The summed E-state index contributed by atoms with van der Waals surface area (Å²) in [6.07, 6.45) is 9.75. The lowest BCUT2D eigenvalue weighted by Gasteiger charge is -2.56. The van der Waals surface area contributed by atoms with E-state index in [1.807, 2.05) is 32.0 Å². The number of Topliss-reactive ketones (excluding diaryl/α,β-unsaturated/α-hetero) is 1. The van der Waals surface area contributed by atoms with E-state index >= 15 is 0 Å².